The number of rotatable bonds is 9. The molecule has 1 saturated carbocycles. The van der Waals surface area contributed by atoms with Gasteiger partial charge in [-0.25, -0.2) is 0 Å². The van der Waals surface area contributed by atoms with E-state index in [1.165, 1.54) is 44.9 Å². The lowest BCUT2D eigenvalue weighted by Gasteiger charge is -2.16. The molecule has 1 rings (SSSR count). The van der Waals surface area contributed by atoms with E-state index in [2.05, 4.69) is 19.2 Å². The number of hydrogen-bond donors (Lipinski definition) is 1. The van der Waals surface area contributed by atoms with Crippen LogP contribution in [0.4, 0.5) is 0 Å². The molecule has 16 heavy (non-hydrogen) atoms. The van der Waals surface area contributed by atoms with Gasteiger partial charge in [0.1, 0.15) is 0 Å². The lowest BCUT2D eigenvalue weighted by atomic mass is 10.1. The molecule has 1 fully saturated rings. The van der Waals surface area contributed by atoms with Gasteiger partial charge in [0.15, 0.2) is 0 Å². The molecule has 1 N–H and O–H groups in total. The average molecular weight is 227 g/mol. The van der Waals surface area contributed by atoms with Crippen LogP contribution in [0.2, 0.25) is 0 Å². The van der Waals surface area contributed by atoms with Crippen LogP contribution in [-0.2, 0) is 4.74 Å². The van der Waals surface area contributed by atoms with Crippen LogP contribution < -0.4 is 5.32 Å². The summed E-state index contributed by atoms with van der Waals surface area (Å²) in [6.45, 7) is 7.72. The fraction of sp³-hybridized carbons (Fsp3) is 1.00. The van der Waals surface area contributed by atoms with Crippen molar-refractivity contribution in [2.24, 2.45) is 5.92 Å². The van der Waals surface area contributed by atoms with Crippen molar-refractivity contribution in [2.45, 2.75) is 64.9 Å². The first-order chi connectivity index (χ1) is 7.83. The van der Waals surface area contributed by atoms with Crippen molar-refractivity contribution >= 4 is 0 Å². The summed E-state index contributed by atoms with van der Waals surface area (Å²) in [5.41, 5.74) is 0. The topological polar surface area (TPSA) is 21.3 Å². The second-order valence-electron chi connectivity index (χ2n) is 5.19. The van der Waals surface area contributed by atoms with Crippen LogP contribution in [0.3, 0.4) is 0 Å². The van der Waals surface area contributed by atoms with E-state index in [0.717, 1.165) is 25.6 Å². The Hall–Kier alpha value is -0.0800. The summed E-state index contributed by atoms with van der Waals surface area (Å²) in [6, 6.07) is 0. The van der Waals surface area contributed by atoms with Crippen LogP contribution >= 0.6 is 0 Å². The normalized spacial score (nSPS) is 19.1. The lowest BCUT2D eigenvalue weighted by molar-refractivity contribution is 0.0356. The molecule has 0 bridgehead atoms. The van der Waals surface area contributed by atoms with Crippen molar-refractivity contribution in [2.75, 3.05) is 19.7 Å². The van der Waals surface area contributed by atoms with Crippen LogP contribution in [0.15, 0.2) is 0 Å². The summed E-state index contributed by atoms with van der Waals surface area (Å²) >= 11 is 0. The first kappa shape index (κ1) is 14.0. The summed E-state index contributed by atoms with van der Waals surface area (Å²) in [4.78, 5) is 0. The van der Waals surface area contributed by atoms with E-state index < -0.39 is 0 Å². The molecule has 96 valence electrons. The Morgan fingerprint density at radius 3 is 2.69 bits per heavy atom. The van der Waals surface area contributed by atoms with Gasteiger partial charge >= 0.3 is 0 Å². The van der Waals surface area contributed by atoms with Gasteiger partial charge in [-0.05, 0) is 58.0 Å². The molecule has 0 heterocycles. The fourth-order valence-electron chi connectivity index (χ4n) is 2.38. The van der Waals surface area contributed by atoms with Gasteiger partial charge in [-0.2, -0.15) is 0 Å². The van der Waals surface area contributed by atoms with Gasteiger partial charge in [-0.1, -0.05) is 19.8 Å². The Morgan fingerprint density at radius 2 is 2.00 bits per heavy atom. The molecule has 0 aromatic heterocycles. The summed E-state index contributed by atoms with van der Waals surface area (Å²) in [7, 11) is 0. The molecule has 0 aromatic rings. The summed E-state index contributed by atoms with van der Waals surface area (Å²) in [5.74, 6) is 0.862. The average Bonchev–Trinajstić information content (AvgIpc) is 2.79. The number of hydrogen-bond acceptors (Lipinski definition) is 2. The van der Waals surface area contributed by atoms with Gasteiger partial charge in [0, 0.05) is 6.61 Å². The maximum Gasteiger partial charge on any atom is 0.0547 e. The van der Waals surface area contributed by atoms with Crippen LogP contribution in [0.1, 0.15) is 58.8 Å². The van der Waals surface area contributed by atoms with E-state index >= 15 is 0 Å². The molecule has 0 amide bonds. The number of nitrogens with one attached hydrogen (secondary N) is 1. The maximum absolute atomic E-state index is 5.90. The highest BCUT2D eigenvalue weighted by Gasteiger charge is 2.15. The van der Waals surface area contributed by atoms with Crippen molar-refractivity contribution in [1.29, 1.82) is 0 Å². The van der Waals surface area contributed by atoms with E-state index in [1.807, 2.05) is 0 Å². The minimum atomic E-state index is 0.448. The Balaban J connectivity index is 1.87. The highest BCUT2D eigenvalue weighted by molar-refractivity contribution is 4.67. The van der Waals surface area contributed by atoms with Crippen molar-refractivity contribution in [3.8, 4) is 0 Å². The molecule has 1 aliphatic carbocycles. The molecule has 1 atom stereocenters. The zero-order valence-corrected chi connectivity index (χ0v) is 11.1. The van der Waals surface area contributed by atoms with E-state index in [4.69, 9.17) is 4.74 Å². The zero-order valence-electron chi connectivity index (χ0n) is 11.1. The predicted octanol–water partition coefficient (Wildman–Crippen LogP) is 3.36. The Morgan fingerprint density at radius 1 is 1.25 bits per heavy atom. The first-order valence-corrected chi connectivity index (χ1v) is 7.15. The largest absolute Gasteiger partial charge is 0.378 e. The molecular weight excluding hydrogens is 198 g/mol. The van der Waals surface area contributed by atoms with E-state index in [-0.39, 0.29) is 0 Å². The molecule has 0 aromatic carbocycles. The van der Waals surface area contributed by atoms with Crippen LogP contribution in [0.25, 0.3) is 0 Å². The smallest absolute Gasteiger partial charge is 0.0547 e. The summed E-state index contributed by atoms with van der Waals surface area (Å²) < 4.78 is 5.90. The fourth-order valence-corrected chi connectivity index (χ4v) is 2.38. The molecular formula is C14H29NO. The van der Waals surface area contributed by atoms with Gasteiger partial charge in [0.05, 0.1) is 6.10 Å². The third-order valence-corrected chi connectivity index (χ3v) is 3.48. The van der Waals surface area contributed by atoms with Gasteiger partial charge in [-0.15, -0.1) is 0 Å². The molecule has 0 aliphatic heterocycles. The molecule has 1 unspecified atom stereocenters. The number of ether oxygens (including phenoxy) is 1. The lowest BCUT2D eigenvalue weighted by Crippen LogP contribution is -2.19. The van der Waals surface area contributed by atoms with Crippen molar-refractivity contribution in [1.82, 2.24) is 5.32 Å². The van der Waals surface area contributed by atoms with E-state index in [0.29, 0.717) is 6.10 Å². The molecule has 2 nitrogen and oxygen atoms in total. The third-order valence-electron chi connectivity index (χ3n) is 3.48. The second-order valence-corrected chi connectivity index (χ2v) is 5.19. The monoisotopic (exact) mass is 227 g/mol. The van der Waals surface area contributed by atoms with Crippen LogP contribution in [0.5, 0.6) is 0 Å². The molecule has 1 aliphatic rings. The van der Waals surface area contributed by atoms with Crippen molar-refractivity contribution in [3.63, 3.8) is 0 Å². The highest BCUT2D eigenvalue weighted by Crippen LogP contribution is 2.25. The molecule has 2 heteroatoms. The minimum Gasteiger partial charge on any atom is -0.378 e. The Bertz CT molecular complexity index is 155. The van der Waals surface area contributed by atoms with E-state index in [1.54, 1.807) is 0 Å². The second kappa shape index (κ2) is 9.00. The van der Waals surface area contributed by atoms with Gasteiger partial charge < -0.3 is 10.1 Å². The van der Waals surface area contributed by atoms with Crippen molar-refractivity contribution in [3.05, 3.63) is 0 Å². The quantitative estimate of drug-likeness (QED) is 0.610. The van der Waals surface area contributed by atoms with Crippen LogP contribution in [-0.4, -0.2) is 25.8 Å². The predicted molar refractivity (Wildman–Crippen MR) is 69.8 cm³/mol. The minimum absolute atomic E-state index is 0.448. The highest BCUT2D eigenvalue weighted by atomic mass is 16.5. The molecule has 0 radical (unpaired) electrons. The van der Waals surface area contributed by atoms with Gasteiger partial charge in [0.25, 0.3) is 0 Å². The van der Waals surface area contributed by atoms with Crippen LogP contribution in [0, 0.1) is 5.92 Å². The maximum atomic E-state index is 5.90. The van der Waals surface area contributed by atoms with Gasteiger partial charge in [0.2, 0.25) is 0 Å². The third kappa shape index (κ3) is 6.49. The SMILES string of the molecule is CCCNCCCC(C)OCC1CCCC1. The molecule has 0 saturated heterocycles. The molecule has 0 spiro atoms. The zero-order chi connectivity index (χ0) is 11.6. The Kier molecular flexibility index (Phi) is 7.87. The van der Waals surface area contributed by atoms with Gasteiger partial charge in [-0.3, -0.25) is 0 Å². The van der Waals surface area contributed by atoms with Crippen molar-refractivity contribution < 1.29 is 4.74 Å². The summed E-state index contributed by atoms with van der Waals surface area (Å²) in [5, 5.41) is 3.43. The first-order valence-electron chi connectivity index (χ1n) is 7.15. The Labute approximate surface area is 101 Å². The van der Waals surface area contributed by atoms with E-state index in [9.17, 15) is 0 Å². The summed E-state index contributed by atoms with van der Waals surface area (Å²) in [6.07, 6.45) is 9.75. The standard InChI is InChI=1S/C14H29NO/c1-3-10-15-11-6-7-13(2)16-12-14-8-4-5-9-14/h13-15H,3-12H2,1-2H3.